The van der Waals surface area contributed by atoms with Crippen LogP contribution in [0, 0.1) is 0 Å². The summed E-state index contributed by atoms with van der Waals surface area (Å²) in [6.07, 6.45) is 1.61. The summed E-state index contributed by atoms with van der Waals surface area (Å²) in [5, 5.41) is 5.51. The van der Waals surface area contributed by atoms with Gasteiger partial charge in [0.05, 0.1) is 5.69 Å². The van der Waals surface area contributed by atoms with Crippen molar-refractivity contribution in [1.82, 2.24) is 5.32 Å². The Morgan fingerprint density at radius 3 is 2.48 bits per heavy atom. The van der Waals surface area contributed by atoms with Gasteiger partial charge < -0.3 is 15.4 Å². The summed E-state index contributed by atoms with van der Waals surface area (Å²) in [6.45, 7) is 1.81. The highest BCUT2D eigenvalue weighted by Crippen LogP contribution is 2.28. The third-order valence-electron chi connectivity index (χ3n) is 2.97. The van der Waals surface area contributed by atoms with Crippen LogP contribution in [0.15, 0.2) is 54.6 Å². The van der Waals surface area contributed by atoms with Crippen molar-refractivity contribution in [3.63, 3.8) is 0 Å². The van der Waals surface area contributed by atoms with Gasteiger partial charge in [0.2, 0.25) is 0 Å². The average molecular weight is 332 g/mol. The van der Waals surface area contributed by atoms with Gasteiger partial charge in [-0.2, -0.15) is 0 Å². The fraction of sp³-hybridized carbons (Fsp3) is 0.235. The smallest absolute Gasteiger partial charge is 0.319 e. The number of carbonyl (C=O) groups is 1. The molecule has 2 rings (SSSR count). The van der Waals surface area contributed by atoms with Gasteiger partial charge >= 0.3 is 6.03 Å². The van der Waals surface area contributed by atoms with E-state index in [0.29, 0.717) is 22.9 Å². The summed E-state index contributed by atoms with van der Waals surface area (Å²) in [4.78, 5) is 12.0. The largest absolute Gasteiger partial charge is 0.455 e. The Labute approximate surface area is 138 Å². The number of hydrogen-bond donors (Lipinski definition) is 2. The number of hydrogen-bond acceptors (Lipinski definition) is 3. The van der Waals surface area contributed by atoms with E-state index in [1.54, 1.807) is 18.4 Å². The maximum absolute atomic E-state index is 12.0. The zero-order valence-corrected chi connectivity index (χ0v) is 13.9. The number of benzene rings is 2. The molecular formula is C17H20N2O3S. The van der Waals surface area contributed by atoms with Gasteiger partial charge in [-0.25, -0.2) is 4.79 Å². The lowest BCUT2D eigenvalue weighted by Gasteiger charge is -2.15. The van der Waals surface area contributed by atoms with E-state index < -0.39 is 10.8 Å². The molecule has 0 aromatic heterocycles. The molecule has 0 aliphatic heterocycles. The molecule has 2 aromatic carbocycles. The summed E-state index contributed by atoms with van der Waals surface area (Å²) in [5.41, 5.74) is 0.568. The third kappa shape index (κ3) is 5.75. The van der Waals surface area contributed by atoms with E-state index >= 15 is 0 Å². The van der Waals surface area contributed by atoms with Gasteiger partial charge in [-0.3, -0.25) is 4.21 Å². The van der Waals surface area contributed by atoms with Crippen molar-refractivity contribution in [2.45, 2.75) is 13.0 Å². The lowest BCUT2D eigenvalue weighted by Crippen LogP contribution is -2.39. The summed E-state index contributed by atoms with van der Waals surface area (Å²) >= 11 is 0. The van der Waals surface area contributed by atoms with E-state index in [9.17, 15) is 9.00 Å². The molecule has 0 aliphatic carbocycles. The molecule has 0 unspecified atom stereocenters. The molecular weight excluding hydrogens is 312 g/mol. The van der Waals surface area contributed by atoms with Crippen LogP contribution in [0.5, 0.6) is 11.5 Å². The second-order valence-electron chi connectivity index (χ2n) is 5.15. The number of para-hydroxylation sites is 3. The standard InChI is InChI=1S/C17H20N2O3S/c1-13(12-23(2)21)18-17(20)19-15-10-6-7-11-16(15)22-14-8-4-3-5-9-14/h3-11,13H,12H2,1-2H3,(H2,18,19,20)/t13-,23+/m1/s1. The lowest BCUT2D eigenvalue weighted by molar-refractivity contribution is 0.250. The molecule has 0 fully saturated rings. The fourth-order valence-electron chi connectivity index (χ4n) is 2.05. The van der Waals surface area contributed by atoms with Crippen molar-refractivity contribution in [1.29, 1.82) is 0 Å². The fourth-order valence-corrected chi connectivity index (χ4v) is 2.84. The summed E-state index contributed by atoms with van der Waals surface area (Å²) in [6, 6.07) is 16.0. The summed E-state index contributed by atoms with van der Waals surface area (Å²) < 4.78 is 17.0. The number of urea groups is 1. The second-order valence-corrected chi connectivity index (χ2v) is 6.63. The molecule has 5 nitrogen and oxygen atoms in total. The van der Waals surface area contributed by atoms with Gasteiger partial charge in [0, 0.05) is 28.9 Å². The normalized spacial score (nSPS) is 13.0. The quantitative estimate of drug-likeness (QED) is 0.852. The Bertz CT molecular complexity index is 677. The minimum absolute atomic E-state index is 0.178. The first-order valence-corrected chi connectivity index (χ1v) is 8.97. The van der Waals surface area contributed by atoms with E-state index in [-0.39, 0.29) is 12.1 Å². The van der Waals surface area contributed by atoms with Crippen molar-refractivity contribution in [2.75, 3.05) is 17.3 Å². The molecule has 0 radical (unpaired) electrons. The van der Waals surface area contributed by atoms with Crippen molar-refractivity contribution < 1.29 is 13.7 Å². The third-order valence-corrected chi connectivity index (χ3v) is 3.94. The van der Waals surface area contributed by atoms with Crippen LogP contribution in [0.4, 0.5) is 10.5 Å². The van der Waals surface area contributed by atoms with Crippen molar-refractivity contribution in [3.05, 3.63) is 54.6 Å². The Hall–Kier alpha value is -2.34. The van der Waals surface area contributed by atoms with E-state index in [1.165, 1.54) is 0 Å². The van der Waals surface area contributed by atoms with Gasteiger partial charge in [-0.15, -0.1) is 0 Å². The van der Waals surface area contributed by atoms with Crippen LogP contribution in [0.1, 0.15) is 6.92 Å². The molecule has 2 atom stereocenters. The zero-order valence-electron chi connectivity index (χ0n) is 13.1. The molecule has 2 N–H and O–H groups in total. The summed E-state index contributed by atoms with van der Waals surface area (Å²) in [5.74, 6) is 1.66. The number of nitrogens with one attached hydrogen (secondary N) is 2. The molecule has 0 saturated heterocycles. The van der Waals surface area contributed by atoms with Crippen LogP contribution in [0.25, 0.3) is 0 Å². The molecule has 0 aliphatic rings. The van der Waals surface area contributed by atoms with E-state index in [0.717, 1.165) is 0 Å². The molecule has 2 aromatic rings. The Balaban J connectivity index is 2.02. The molecule has 0 bridgehead atoms. The van der Waals surface area contributed by atoms with Gasteiger partial charge in [-0.1, -0.05) is 30.3 Å². The van der Waals surface area contributed by atoms with Crippen LogP contribution < -0.4 is 15.4 Å². The van der Waals surface area contributed by atoms with E-state index in [1.807, 2.05) is 49.4 Å². The summed E-state index contributed by atoms with van der Waals surface area (Å²) in [7, 11) is -0.957. The SMILES string of the molecule is C[C@H](C[S@](C)=O)NC(=O)Nc1ccccc1Oc1ccccc1. The first-order valence-electron chi connectivity index (χ1n) is 7.24. The van der Waals surface area contributed by atoms with Gasteiger partial charge in [0.25, 0.3) is 0 Å². The Morgan fingerprint density at radius 2 is 1.78 bits per heavy atom. The molecule has 6 heteroatoms. The second kappa shape index (κ2) is 8.33. The van der Waals surface area contributed by atoms with Crippen molar-refractivity contribution in [2.24, 2.45) is 0 Å². The topological polar surface area (TPSA) is 67.4 Å². The van der Waals surface area contributed by atoms with Crippen molar-refractivity contribution >= 4 is 22.5 Å². The minimum atomic E-state index is -0.957. The monoisotopic (exact) mass is 332 g/mol. The predicted octanol–water partition coefficient (Wildman–Crippen LogP) is 3.37. The minimum Gasteiger partial charge on any atom is -0.455 e. The maximum Gasteiger partial charge on any atom is 0.319 e. The highest BCUT2D eigenvalue weighted by Gasteiger charge is 2.11. The molecule has 0 heterocycles. The lowest BCUT2D eigenvalue weighted by atomic mass is 10.3. The maximum atomic E-state index is 12.0. The van der Waals surface area contributed by atoms with Crippen LogP contribution in [0.3, 0.4) is 0 Å². The molecule has 2 amide bonds. The number of rotatable bonds is 6. The van der Waals surface area contributed by atoms with Gasteiger partial charge in [0.1, 0.15) is 5.75 Å². The van der Waals surface area contributed by atoms with Gasteiger partial charge in [-0.05, 0) is 31.2 Å². The number of carbonyl (C=O) groups excluding carboxylic acids is 1. The van der Waals surface area contributed by atoms with Crippen LogP contribution in [-0.4, -0.2) is 28.3 Å². The van der Waals surface area contributed by atoms with E-state index in [2.05, 4.69) is 10.6 Å². The van der Waals surface area contributed by atoms with Crippen LogP contribution in [-0.2, 0) is 10.8 Å². The molecule has 0 saturated carbocycles. The zero-order chi connectivity index (χ0) is 16.7. The average Bonchev–Trinajstić information content (AvgIpc) is 2.49. The molecule has 23 heavy (non-hydrogen) atoms. The molecule has 122 valence electrons. The highest BCUT2D eigenvalue weighted by atomic mass is 32.2. The first kappa shape index (κ1) is 17.0. The molecule has 0 spiro atoms. The Kier molecular flexibility index (Phi) is 6.17. The number of amides is 2. The van der Waals surface area contributed by atoms with Crippen LogP contribution >= 0.6 is 0 Å². The number of anilines is 1. The van der Waals surface area contributed by atoms with E-state index in [4.69, 9.17) is 4.74 Å². The first-order chi connectivity index (χ1) is 11.0. The van der Waals surface area contributed by atoms with Crippen molar-refractivity contribution in [3.8, 4) is 11.5 Å². The predicted molar refractivity (Wildman–Crippen MR) is 93.5 cm³/mol. The number of ether oxygens (including phenoxy) is 1. The Morgan fingerprint density at radius 1 is 1.13 bits per heavy atom. The van der Waals surface area contributed by atoms with Gasteiger partial charge in [0.15, 0.2) is 5.75 Å². The van der Waals surface area contributed by atoms with Crippen LogP contribution in [0.2, 0.25) is 0 Å². The highest BCUT2D eigenvalue weighted by molar-refractivity contribution is 7.84.